The van der Waals surface area contributed by atoms with Gasteiger partial charge in [0.1, 0.15) is 11.5 Å². The number of methoxy groups -OCH3 is 2. The molecule has 2 aromatic carbocycles. The third-order valence-electron chi connectivity index (χ3n) is 3.97. The first-order chi connectivity index (χ1) is 13.7. The Hall–Kier alpha value is -3.11. The number of benzene rings is 2. The van der Waals surface area contributed by atoms with Crippen molar-refractivity contribution in [3.05, 3.63) is 48.0 Å². The average molecular weight is 422 g/mol. The van der Waals surface area contributed by atoms with Crippen molar-refractivity contribution in [1.29, 1.82) is 0 Å². The summed E-state index contributed by atoms with van der Waals surface area (Å²) in [6, 6.07) is 10.2. The molecular weight excluding hydrogens is 400 g/mol. The lowest BCUT2D eigenvalue weighted by Crippen LogP contribution is -2.30. The molecule has 0 aromatic heterocycles. The summed E-state index contributed by atoms with van der Waals surface area (Å²) >= 11 is 0. The number of hydrogen-bond donors (Lipinski definition) is 2. The highest BCUT2D eigenvalue weighted by molar-refractivity contribution is 7.89. The minimum atomic E-state index is -3.72. The van der Waals surface area contributed by atoms with E-state index in [-0.39, 0.29) is 10.5 Å². The lowest BCUT2D eigenvalue weighted by Gasteiger charge is -2.16. The third-order valence-corrected chi connectivity index (χ3v) is 5.38. The van der Waals surface area contributed by atoms with Gasteiger partial charge in [-0.1, -0.05) is 6.07 Å². The molecule has 0 saturated heterocycles. The van der Waals surface area contributed by atoms with Crippen LogP contribution in [0.2, 0.25) is 0 Å². The molecular formula is C19H22N2O7S. The molecule has 0 unspecified atom stereocenters. The normalized spacial score (nSPS) is 12.0. The van der Waals surface area contributed by atoms with Gasteiger partial charge in [-0.25, -0.2) is 17.9 Å². The van der Waals surface area contributed by atoms with Crippen LogP contribution in [0.3, 0.4) is 0 Å². The fourth-order valence-electron chi connectivity index (χ4n) is 2.34. The predicted molar refractivity (Wildman–Crippen MR) is 106 cm³/mol. The first-order valence-corrected chi connectivity index (χ1v) is 9.97. The van der Waals surface area contributed by atoms with Crippen LogP contribution in [0.25, 0.3) is 0 Å². The van der Waals surface area contributed by atoms with E-state index < -0.39 is 28.0 Å². The maximum atomic E-state index is 12.4. The van der Waals surface area contributed by atoms with E-state index in [2.05, 4.69) is 10.0 Å². The number of hydrogen-bond acceptors (Lipinski definition) is 7. The van der Waals surface area contributed by atoms with Crippen LogP contribution in [0, 0.1) is 0 Å². The minimum Gasteiger partial charge on any atom is -0.497 e. The van der Waals surface area contributed by atoms with Gasteiger partial charge in [0.15, 0.2) is 6.10 Å². The molecule has 0 radical (unpaired) electrons. The fourth-order valence-corrected chi connectivity index (χ4v) is 3.11. The maximum Gasteiger partial charge on any atom is 0.338 e. The summed E-state index contributed by atoms with van der Waals surface area (Å²) in [7, 11) is 0.484. The van der Waals surface area contributed by atoms with Gasteiger partial charge in [-0.3, -0.25) is 4.79 Å². The van der Waals surface area contributed by atoms with Crippen molar-refractivity contribution in [2.24, 2.45) is 0 Å². The molecule has 0 spiro atoms. The third kappa shape index (κ3) is 5.46. The van der Waals surface area contributed by atoms with Crippen LogP contribution in [-0.4, -0.2) is 47.7 Å². The van der Waals surface area contributed by atoms with Crippen LogP contribution in [0.1, 0.15) is 17.3 Å². The van der Waals surface area contributed by atoms with Gasteiger partial charge in [-0.2, -0.15) is 0 Å². The van der Waals surface area contributed by atoms with Crippen molar-refractivity contribution in [2.75, 3.05) is 26.6 Å². The molecule has 156 valence electrons. The zero-order valence-electron chi connectivity index (χ0n) is 16.4. The van der Waals surface area contributed by atoms with E-state index in [1.807, 2.05) is 0 Å². The molecule has 1 atom stereocenters. The molecule has 29 heavy (non-hydrogen) atoms. The monoisotopic (exact) mass is 422 g/mol. The molecule has 0 aliphatic rings. The Labute approximate surface area is 169 Å². The van der Waals surface area contributed by atoms with Crippen molar-refractivity contribution in [2.45, 2.75) is 17.9 Å². The van der Waals surface area contributed by atoms with E-state index in [4.69, 9.17) is 14.2 Å². The topological polar surface area (TPSA) is 120 Å². The van der Waals surface area contributed by atoms with E-state index in [0.717, 1.165) is 0 Å². The highest BCUT2D eigenvalue weighted by Crippen LogP contribution is 2.29. The largest absolute Gasteiger partial charge is 0.497 e. The van der Waals surface area contributed by atoms with Crippen LogP contribution < -0.4 is 19.5 Å². The Morgan fingerprint density at radius 1 is 1.03 bits per heavy atom. The lowest BCUT2D eigenvalue weighted by atomic mass is 10.2. The van der Waals surface area contributed by atoms with Gasteiger partial charge in [0.25, 0.3) is 5.91 Å². The SMILES string of the molecule is CNS(=O)(=O)c1cccc(C(=O)O[C@@H](C)C(=O)Nc2cc(OC)ccc2OC)c1. The molecule has 2 N–H and O–H groups in total. The van der Waals surface area contributed by atoms with E-state index >= 15 is 0 Å². The molecule has 2 rings (SSSR count). The van der Waals surface area contributed by atoms with Crippen LogP contribution in [0.15, 0.2) is 47.4 Å². The van der Waals surface area contributed by atoms with Crippen molar-refractivity contribution in [1.82, 2.24) is 4.72 Å². The Bertz CT molecular complexity index is 1010. The Balaban J connectivity index is 2.12. The van der Waals surface area contributed by atoms with Crippen LogP contribution in [-0.2, 0) is 19.6 Å². The highest BCUT2D eigenvalue weighted by atomic mass is 32.2. The van der Waals surface area contributed by atoms with Crippen LogP contribution >= 0.6 is 0 Å². The molecule has 10 heteroatoms. The van der Waals surface area contributed by atoms with Crippen molar-refractivity contribution < 1.29 is 32.2 Å². The van der Waals surface area contributed by atoms with Gasteiger partial charge in [0, 0.05) is 6.07 Å². The van der Waals surface area contributed by atoms with Gasteiger partial charge in [0.2, 0.25) is 10.0 Å². The summed E-state index contributed by atoms with van der Waals surface area (Å²) in [5.41, 5.74) is 0.349. The minimum absolute atomic E-state index is 0.0000593. The van der Waals surface area contributed by atoms with Crippen molar-refractivity contribution in [3.8, 4) is 11.5 Å². The van der Waals surface area contributed by atoms with Gasteiger partial charge in [-0.05, 0) is 44.3 Å². The summed E-state index contributed by atoms with van der Waals surface area (Å²) in [4.78, 5) is 24.7. The van der Waals surface area contributed by atoms with E-state index in [1.54, 1.807) is 18.2 Å². The van der Waals surface area contributed by atoms with E-state index in [9.17, 15) is 18.0 Å². The van der Waals surface area contributed by atoms with Gasteiger partial charge >= 0.3 is 5.97 Å². The second kappa shape index (κ2) is 9.39. The first-order valence-electron chi connectivity index (χ1n) is 8.49. The van der Waals surface area contributed by atoms with Crippen LogP contribution in [0.4, 0.5) is 5.69 Å². The van der Waals surface area contributed by atoms with Crippen molar-refractivity contribution in [3.63, 3.8) is 0 Å². The van der Waals surface area contributed by atoms with Gasteiger partial charge < -0.3 is 19.5 Å². The zero-order valence-corrected chi connectivity index (χ0v) is 17.2. The average Bonchev–Trinajstić information content (AvgIpc) is 2.73. The standard InChI is InChI=1S/C19H22N2O7S/c1-12(18(22)21-16-11-14(26-3)8-9-17(16)27-4)28-19(23)13-6-5-7-15(10-13)29(24,25)20-2/h5-12,20H,1-4H3,(H,21,22)/t12-/m0/s1. The molecule has 9 nitrogen and oxygen atoms in total. The number of sulfonamides is 1. The number of ether oxygens (including phenoxy) is 3. The molecule has 2 aromatic rings. The number of anilines is 1. The Morgan fingerprint density at radius 2 is 1.76 bits per heavy atom. The number of esters is 1. The molecule has 0 bridgehead atoms. The Kier molecular flexibility index (Phi) is 7.18. The maximum absolute atomic E-state index is 12.4. The first kappa shape index (κ1) is 22.2. The summed E-state index contributed by atoms with van der Waals surface area (Å²) in [6.45, 7) is 1.40. The predicted octanol–water partition coefficient (Wildman–Crippen LogP) is 1.80. The fraction of sp³-hybridized carbons (Fsp3) is 0.263. The summed E-state index contributed by atoms with van der Waals surface area (Å²) in [5, 5.41) is 2.61. The van der Waals surface area contributed by atoms with Gasteiger partial charge in [0.05, 0.1) is 30.4 Å². The summed E-state index contributed by atoms with van der Waals surface area (Å²) in [6.07, 6.45) is -1.15. The van der Waals surface area contributed by atoms with Gasteiger partial charge in [-0.15, -0.1) is 0 Å². The second-order valence-corrected chi connectivity index (χ2v) is 7.72. The molecule has 0 fully saturated rings. The summed E-state index contributed by atoms with van der Waals surface area (Å²) in [5.74, 6) is -0.515. The number of carbonyl (C=O) groups is 2. The smallest absolute Gasteiger partial charge is 0.338 e. The molecule has 1 amide bonds. The molecule has 0 saturated carbocycles. The van der Waals surface area contributed by atoms with Crippen molar-refractivity contribution >= 4 is 27.6 Å². The molecule has 0 heterocycles. The number of amides is 1. The van der Waals surface area contributed by atoms with Crippen LogP contribution in [0.5, 0.6) is 11.5 Å². The van der Waals surface area contributed by atoms with E-state index in [0.29, 0.717) is 17.2 Å². The number of nitrogens with one attached hydrogen (secondary N) is 2. The molecule has 0 aliphatic carbocycles. The quantitative estimate of drug-likeness (QED) is 0.622. The number of rotatable bonds is 8. The number of carbonyl (C=O) groups excluding carboxylic acids is 2. The Morgan fingerprint density at radius 3 is 2.38 bits per heavy atom. The lowest BCUT2D eigenvalue weighted by molar-refractivity contribution is -0.123. The van der Waals surface area contributed by atoms with E-state index in [1.165, 1.54) is 52.5 Å². The molecule has 0 aliphatic heterocycles. The highest BCUT2D eigenvalue weighted by Gasteiger charge is 2.22. The second-order valence-electron chi connectivity index (χ2n) is 5.84. The summed E-state index contributed by atoms with van der Waals surface area (Å²) < 4.78 is 41.4. The zero-order chi connectivity index (χ0) is 21.6.